The fourth-order valence-corrected chi connectivity index (χ4v) is 2.42. The molecule has 3 rings (SSSR count). The summed E-state index contributed by atoms with van der Waals surface area (Å²) in [5.74, 6) is 0.422. The molecule has 94 valence electrons. The lowest BCUT2D eigenvalue weighted by atomic mass is 10.0. The Morgan fingerprint density at radius 1 is 1.00 bits per heavy atom. The first-order valence-corrected chi connectivity index (χ1v) is 6.27. The van der Waals surface area contributed by atoms with Gasteiger partial charge in [0.15, 0.2) is 11.5 Å². The number of para-hydroxylation sites is 1. The Morgan fingerprint density at radius 2 is 1.74 bits per heavy atom. The van der Waals surface area contributed by atoms with E-state index >= 15 is 0 Å². The molecule has 0 saturated carbocycles. The van der Waals surface area contributed by atoms with Gasteiger partial charge in [-0.2, -0.15) is 0 Å². The van der Waals surface area contributed by atoms with Gasteiger partial charge in [0, 0.05) is 23.4 Å². The molecule has 0 aliphatic carbocycles. The van der Waals surface area contributed by atoms with Gasteiger partial charge in [0.1, 0.15) is 5.58 Å². The van der Waals surface area contributed by atoms with Crippen molar-refractivity contribution < 1.29 is 9.21 Å². The first kappa shape index (κ1) is 11.7. The van der Waals surface area contributed by atoms with Gasteiger partial charge in [-0.1, -0.05) is 48.5 Å². The molecule has 0 bridgehead atoms. The number of benzene rings is 2. The summed E-state index contributed by atoms with van der Waals surface area (Å²) >= 11 is 0. The summed E-state index contributed by atoms with van der Waals surface area (Å²) in [5.41, 5.74) is 3.82. The lowest BCUT2D eigenvalue weighted by molar-refractivity contribution is 0.0988. The minimum Gasteiger partial charge on any atom is -0.452 e. The Labute approximate surface area is 111 Å². The lowest BCUT2D eigenvalue weighted by Gasteiger charge is -2.01. The van der Waals surface area contributed by atoms with Crippen molar-refractivity contribution in [3.05, 3.63) is 59.9 Å². The average Bonchev–Trinajstić information content (AvgIpc) is 2.78. The van der Waals surface area contributed by atoms with Gasteiger partial charge in [-0.05, 0) is 12.5 Å². The Bertz CT molecular complexity index is 752. The maximum absolute atomic E-state index is 11.6. The number of ketones is 1. The van der Waals surface area contributed by atoms with Crippen molar-refractivity contribution in [2.45, 2.75) is 13.8 Å². The molecule has 0 saturated heterocycles. The zero-order valence-electron chi connectivity index (χ0n) is 10.9. The van der Waals surface area contributed by atoms with E-state index in [0.29, 0.717) is 5.76 Å². The van der Waals surface area contributed by atoms with Crippen LogP contribution in [0.15, 0.2) is 52.9 Å². The highest BCUT2D eigenvalue weighted by molar-refractivity contribution is 6.02. The summed E-state index contributed by atoms with van der Waals surface area (Å²) in [7, 11) is 0. The normalized spacial score (nSPS) is 10.8. The number of hydrogen-bond donors (Lipinski definition) is 0. The van der Waals surface area contributed by atoms with Crippen LogP contribution in [0.3, 0.4) is 0 Å². The predicted molar refractivity (Wildman–Crippen MR) is 76.4 cm³/mol. The molecular weight excluding hydrogens is 236 g/mol. The van der Waals surface area contributed by atoms with Crippen LogP contribution in [0.25, 0.3) is 22.1 Å². The van der Waals surface area contributed by atoms with Crippen LogP contribution in [-0.2, 0) is 0 Å². The number of fused-ring (bicyclic) bond motifs is 1. The largest absolute Gasteiger partial charge is 0.452 e. The van der Waals surface area contributed by atoms with Crippen LogP contribution >= 0.6 is 0 Å². The highest BCUT2D eigenvalue weighted by atomic mass is 16.3. The molecule has 2 heteroatoms. The van der Waals surface area contributed by atoms with E-state index in [9.17, 15) is 4.79 Å². The summed E-state index contributed by atoms with van der Waals surface area (Å²) in [6.45, 7) is 3.46. The number of Topliss-reactive ketones (excluding diaryl/α,β-unsaturated/α-hetero) is 1. The van der Waals surface area contributed by atoms with Crippen LogP contribution in [-0.4, -0.2) is 5.78 Å². The average molecular weight is 250 g/mol. The molecule has 0 N–H and O–H groups in total. The molecule has 0 unspecified atom stereocenters. The van der Waals surface area contributed by atoms with Crippen molar-refractivity contribution in [2.24, 2.45) is 0 Å². The van der Waals surface area contributed by atoms with Gasteiger partial charge in [-0.3, -0.25) is 4.79 Å². The number of rotatable bonds is 2. The SMILES string of the molecule is CC(=O)c1oc2c(-c3ccccc3)cccc2c1C. The summed E-state index contributed by atoms with van der Waals surface area (Å²) in [4.78, 5) is 11.6. The van der Waals surface area contributed by atoms with Gasteiger partial charge in [0.2, 0.25) is 0 Å². The van der Waals surface area contributed by atoms with E-state index in [-0.39, 0.29) is 5.78 Å². The molecule has 0 fully saturated rings. The van der Waals surface area contributed by atoms with Crippen molar-refractivity contribution in [1.29, 1.82) is 0 Å². The van der Waals surface area contributed by atoms with Crippen molar-refractivity contribution in [3.63, 3.8) is 0 Å². The first-order chi connectivity index (χ1) is 9.18. The van der Waals surface area contributed by atoms with Crippen molar-refractivity contribution in [3.8, 4) is 11.1 Å². The van der Waals surface area contributed by atoms with Crippen LogP contribution in [0.4, 0.5) is 0 Å². The Hall–Kier alpha value is -2.35. The van der Waals surface area contributed by atoms with E-state index in [4.69, 9.17) is 4.42 Å². The number of furan rings is 1. The smallest absolute Gasteiger partial charge is 0.195 e. The number of hydrogen-bond acceptors (Lipinski definition) is 2. The molecule has 1 aromatic heterocycles. The number of carbonyl (C=O) groups excluding carboxylic acids is 1. The second-order valence-electron chi connectivity index (χ2n) is 4.66. The van der Waals surface area contributed by atoms with Gasteiger partial charge in [0.25, 0.3) is 0 Å². The maximum Gasteiger partial charge on any atom is 0.195 e. The zero-order valence-corrected chi connectivity index (χ0v) is 10.9. The van der Waals surface area contributed by atoms with Crippen LogP contribution in [0, 0.1) is 6.92 Å². The Morgan fingerprint density at radius 3 is 2.42 bits per heavy atom. The van der Waals surface area contributed by atoms with E-state index in [0.717, 1.165) is 27.7 Å². The molecule has 3 aromatic rings. The topological polar surface area (TPSA) is 30.2 Å². The van der Waals surface area contributed by atoms with Gasteiger partial charge in [0.05, 0.1) is 0 Å². The molecule has 0 radical (unpaired) electrons. The second-order valence-corrected chi connectivity index (χ2v) is 4.66. The summed E-state index contributed by atoms with van der Waals surface area (Å²) in [6, 6.07) is 16.1. The van der Waals surface area contributed by atoms with Crippen molar-refractivity contribution >= 4 is 16.8 Å². The molecule has 0 aliphatic heterocycles. The van der Waals surface area contributed by atoms with E-state index in [1.807, 2.05) is 55.5 Å². The fraction of sp³-hybridized carbons (Fsp3) is 0.118. The van der Waals surface area contributed by atoms with Crippen LogP contribution in [0.2, 0.25) is 0 Å². The van der Waals surface area contributed by atoms with Crippen molar-refractivity contribution in [2.75, 3.05) is 0 Å². The van der Waals surface area contributed by atoms with Crippen LogP contribution in [0.5, 0.6) is 0 Å². The van der Waals surface area contributed by atoms with Crippen LogP contribution < -0.4 is 0 Å². The molecule has 2 aromatic carbocycles. The third-order valence-corrected chi connectivity index (χ3v) is 3.37. The summed E-state index contributed by atoms with van der Waals surface area (Å²) in [6.07, 6.45) is 0. The quantitative estimate of drug-likeness (QED) is 0.622. The molecule has 0 spiro atoms. The van der Waals surface area contributed by atoms with Crippen LogP contribution in [0.1, 0.15) is 23.0 Å². The predicted octanol–water partition coefficient (Wildman–Crippen LogP) is 4.61. The Kier molecular flexibility index (Phi) is 2.71. The third kappa shape index (κ3) is 1.85. The molecule has 2 nitrogen and oxygen atoms in total. The maximum atomic E-state index is 11.6. The van der Waals surface area contributed by atoms with E-state index in [1.54, 1.807) is 0 Å². The fourth-order valence-electron chi connectivity index (χ4n) is 2.42. The van der Waals surface area contributed by atoms with E-state index < -0.39 is 0 Å². The molecular formula is C17H14O2. The second kappa shape index (κ2) is 4.39. The monoisotopic (exact) mass is 250 g/mol. The lowest BCUT2D eigenvalue weighted by Crippen LogP contribution is -1.90. The number of carbonyl (C=O) groups is 1. The van der Waals surface area contributed by atoms with E-state index in [1.165, 1.54) is 6.92 Å². The molecule has 19 heavy (non-hydrogen) atoms. The Balaban J connectivity index is 2.33. The minimum atomic E-state index is -0.0345. The van der Waals surface area contributed by atoms with Gasteiger partial charge in [-0.15, -0.1) is 0 Å². The summed E-state index contributed by atoms with van der Waals surface area (Å²) < 4.78 is 5.80. The van der Waals surface area contributed by atoms with E-state index in [2.05, 4.69) is 0 Å². The highest BCUT2D eigenvalue weighted by Gasteiger charge is 2.16. The van der Waals surface area contributed by atoms with Gasteiger partial charge >= 0.3 is 0 Å². The minimum absolute atomic E-state index is 0.0345. The first-order valence-electron chi connectivity index (χ1n) is 6.27. The zero-order chi connectivity index (χ0) is 13.4. The third-order valence-electron chi connectivity index (χ3n) is 3.37. The summed E-state index contributed by atoms with van der Waals surface area (Å²) in [5, 5.41) is 1.01. The molecule has 0 aliphatic rings. The molecule has 1 heterocycles. The highest BCUT2D eigenvalue weighted by Crippen LogP contribution is 2.33. The van der Waals surface area contributed by atoms with Gasteiger partial charge < -0.3 is 4.42 Å². The molecule has 0 atom stereocenters. The molecule has 0 amide bonds. The standard InChI is InChI=1S/C17H14O2/c1-11-14-9-6-10-15(13-7-4-3-5-8-13)17(14)19-16(11)12(2)18/h3-10H,1-2H3. The van der Waals surface area contributed by atoms with Gasteiger partial charge in [-0.25, -0.2) is 0 Å². The number of aryl methyl sites for hydroxylation is 1. The van der Waals surface area contributed by atoms with Crippen molar-refractivity contribution in [1.82, 2.24) is 0 Å².